The zero-order valence-corrected chi connectivity index (χ0v) is 22.8. The van der Waals surface area contributed by atoms with E-state index in [1.54, 1.807) is 6.07 Å². The Balaban J connectivity index is 1.43. The molecule has 2 aromatic heterocycles. The number of nitrogens with one attached hydrogen (secondary N) is 2. The average molecular weight is 570 g/mol. The summed E-state index contributed by atoms with van der Waals surface area (Å²) in [6.07, 6.45) is 0.784. The SMILES string of the molecule is O=C1NC(Cc2ccccc2)COC(=O)c2ccc(s2)C(=O)OCC(Cc2ccccc2)NC(=O)c2cccc1n2. The molecule has 41 heavy (non-hydrogen) atoms. The number of ether oxygens (including phenoxy) is 2. The van der Waals surface area contributed by atoms with Crippen LogP contribution in [0.3, 0.4) is 0 Å². The smallest absolute Gasteiger partial charge is 0.348 e. The summed E-state index contributed by atoms with van der Waals surface area (Å²) in [5.74, 6) is -2.24. The van der Waals surface area contributed by atoms with Crippen LogP contribution in [0.1, 0.15) is 51.4 Å². The third-order valence-corrected chi connectivity index (χ3v) is 7.42. The maximum Gasteiger partial charge on any atom is 0.348 e. The van der Waals surface area contributed by atoms with Crippen LogP contribution >= 0.6 is 11.3 Å². The maximum absolute atomic E-state index is 13.2. The number of cyclic esters (lactones) is 2. The molecule has 0 aliphatic carbocycles. The fraction of sp³-hybridized carbons (Fsp3) is 0.194. The van der Waals surface area contributed by atoms with Gasteiger partial charge in [0, 0.05) is 0 Å². The molecule has 2 N–H and O–H groups in total. The van der Waals surface area contributed by atoms with Crippen molar-refractivity contribution in [3.63, 3.8) is 0 Å². The van der Waals surface area contributed by atoms with Crippen molar-refractivity contribution in [3.8, 4) is 0 Å². The average Bonchev–Trinajstić information content (AvgIpc) is 3.50. The van der Waals surface area contributed by atoms with E-state index < -0.39 is 35.8 Å². The molecule has 2 aromatic carbocycles. The Morgan fingerprint density at radius 1 is 0.610 bits per heavy atom. The number of rotatable bonds is 4. The Bertz CT molecular complexity index is 1430. The predicted octanol–water partition coefficient (Wildman–Crippen LogP) is 3.85. The minimum absolute atomic E-state index is 0.0390. The first-order valence-electron chi connectivity index (χ1n) is 13.1. The Hall–Kier alpha value is -4.83. The minimum atomic E-state index is -0.614. The topological polar surface area (TPSA) is 124 Å². The van der Waals surface area contributed by atoms with Crippen LogP contribution in [0.15, 0.2) is 91.0 Å². The summed E-state index contributed by atoms with van der Waals surface area (Å²) in [5, 5.41) is 5.76. The molecule has 0 radical (unpaired) electrons. The lowest BCUT2D eigenvalue weighted by molar-refractivity contribution is 0.0459. The Kier molecular flexibility index (Phi) is 8.80. The number of thiophene rings is 1. The second-order valence-electron chi connectivity index (χ2n) is 9.49. The van der Waals surface area contributed by atoms with Gasteiger partial charge in [-0.2, -0.15) is 0 Å². The number of carbonyl (C=O) groups is 4. The third-order valence-electron chi connectivity index (χ3n) is 6.37. The van der Waals surface area contributed by atoms with Gasteiger partial charge >= 0.3 is 11.9 Å². The van der Waals surface area contributed by atoms with Gasteiger partial charge < -0.3 is 20.1 Å². The van der Waals surface area contributed by atoms with Crippen LogP contribution in [0.2, 0.25) is 0 Å². The van der Waals surface area contributed by atoms with Gasteiger partial charge in [-0.1, -0.05) is 66.7 Å². The quantitative estimate of drug-likeness (QED) is 0.358. The fourth-order valence-electron chi connectivity index (χ4n) is 4.36. The van der Waals surface area contributed by atoms with Crippen molar-refractivity contribution in [1.29, 1.82) is 0 Å². The largest absolute Gasteiger partial charge is 0.459 e. The number of aromatic nitrogens is 1. The predicted molar refractivity (Wildman–Crippen MR) is 152 cm³/mol. The van der Waals surface area contributed by atoms with E-state index in [0.717, 1.165) is 22.5 Å². The molecule has 5 rings (SSSR count). The summed E-state index contributed by atoms with van der Waals surface area (Å²) in [4.78, 5) is 56.8. The summed E-state index contributed by atoms with van der Waals surface area (Å²) >= 11 is 0.956. The molecule has 2 unspecified atom stereocenters. The number of esters is 2. The molecule has 4 aromatic rings. The van der Waals surface area contributed by atoms with E-state index in [1.807, 2.05) is 60.7 Å². The van der Waals surface area contributed by atoms with E-state index in [-0.39, 0.29) is 34.4 Å². The van der Waals surface area contributed by atoms with Gasteiger partial charge in [-0.15, -0.1) is 11.3 Å². The molecule has 2 amide bonds. The van der Waals surface area contributed by atoms with Gasteiger partial charge in [-0.05, 0) is 48.2 Å². The Morgan fingerprint density at radius 3 is 1.49 bits per heavy atom. The highest BCUT2D eigenvalue weighted by Crippen LogP contribution is 2.19. The first-order valence-corrected chi connectivity index (χ1v) is 13.9. The van der Waals surface area contributed by atoms with Crippen LogP contribution < -0.4 is 10.6 Å². The molecule has 2 atom stereocenters. The standard InChI is InChI=1S/C31H27N3O6S/c35-28-24-12-7-13-25(34-24)29(36)33-23(17-21-10-5-2-6-11-21)19-40-31(38)27-15-14-26(41-27)30(37)39-18-22(32-28)16-20-8-3-1-4-9-20/h1-15,22-23H,16-19H2,(H,32,35)(H,33,36). The van der Waals surface area contributed by atoms with Crippen molar-refractivity contribution in [3.05, 3.63) is 123 Å². The van der Waals surface area contributed by atoms with Crippen LogP contribution in [0.4, 0.5) is 0 Å². The van der Waals surface area contributed by atoms with Crippen LogP contribution in [0.5, 0.6) is 0 Å². The second-order valence-corrected chi connectivity index (χ2v) is 10.6. The molecule has 4 bridgehead atoms. The number of carbonyl (C=O) groups excluding carboxylic acids is 4. The summed E-state index contributed by atoms with van der Waals surface area (Å²) in [7, 11) is 0. The molecule has 10 heteroatoms. The molecule has 3 heterocycles. The van der Waals surface area contributed by atoms with Gasteiger partial charge in [0.15, 0.2) is 0 Å². The van der Waals surface area contributed by atoms with E-state index in [0.29, 0.717) is 12.8 Å². The van der Waals surface area contributed by atoms with Crippen LogP contribution in [-0.2, 0) is 22.3 Å². The molecular weight excluding hydrogens is 542 g/mol. The zero-order valence-electron chi connectivity index (χ0n) is 21.9. The monoisotopic (exact) mass is 569 g/mol. The number of benzene rings is 2. The molecular formula is C31H27N3O6S. The summed E-state index contributed by atoms with van der Waals surface area (Å²) < 4.78 is 11.1. The molecule has 1 aliphatic rings. The Labute approximate surface area is 240 Å². The normalized spacial score (nSPS) is 18.2. The number of fused-ring (bicyclic) bond motifs is 4. The van der Waals surface area contributed by atoms with E-state index in [9.17, 15) is 19.2 Å². The number of nitrogens with zero attached hydrogens (tertiary/aromatic N) is 1. The lowest BCUT2D eigenvalue weighted by Crippen LogP contribution is -2.42. The van der Waals surface area contributed by atoms with E-state index in [4.69, 9.17) is 9.47 Å². The summed E-state index contributed by atoms with van der Waals surface area (Å²) in [6, 6.07) is 25.4. The molecule has 0 saturated heterocycles. The summed E-state index contributed by atoms with van der Waals surface area (Å²) in [6.45, 7) is -0.225. The lowest BCUT2D eigenvalue weighted by atomic mass is 10.1. The first kappa shape index (κ1) is 27.7. The Morgan fingerprint density at radius 2 is 1.05 bits per heavy atom. The third kappa shape index (κ3) is 7.43. The number of hydrogen-bond donors (Lipinski definition) is 2. The van der Waals surface area contributed by atoms with Gasteiger partial charge in [-0.25, -0.2) is 14.6 Å². The van der Waals surface area contributed by atoms with Crippen molar-refractivity contribution in [2.45, 2.75) is 24.9 Å². The molecule has 0 fully saturated rings. The highest BCUT2D eigenvalue weighted by atomic mass is 32.1. The molecule has 0 saturated carbocycles. The van der Waals surface area contributed by atoms with Gasteiger partial charge in [0.25, 0.3) is 11.8 Å². The maximum atomic E-state index is 13.2. The van der Waals surface area contributed by atoms with Gasteiger partial charge in [0.2, 0.25) is 0 Å². The van der Waals surface area contributed by atoms with Crippen LogP contribution in [-0.4, -0.2) is 54.0 Å². The van der Waals surface area contributed by atoms with Crippen molar-refractivity contribution < 1.29 is 28.7 Å². The summed E-state index contributed by atoms with van der Waals surface area (Å²) in [5.41, 5.74) is 1.94. The number of pyridine rings is 1. The minimum Gasteiger partial charge on any atom is -0.459 e. The molecule has 1 aliphatic heterocycles. The van der Waals surface area contributed by atoms with Gasteiger partial charge in [0.05, 0.1) is 12.1 Å². The number of amides is 2. The van der Waals surface area contributed by atoms with Gasteiger partial charge in [-0.3, -0.25) is 9.59 Å². The second kappa shape index (κ2) is 13.0. The fourth-order valence-corrected chi connectivity index (χ4v) is 5.15. The molecule has 208 valence electrons. The van der Waals surface area contributed by atoms with Gasteiger partial charge in [0.1, 0.15) is 34.4 Å². The first-order chi connectivity index (χ1) is 19.9. The molecule has 9 nitrogen and oxygen atoms in total. The molecule has 0 spiro atoms. The highest BCUT2D eigenvalue weighted by Gasteiger charge is 2.23. The van der Waals surface area contributed by atoms with Crippen molar-refractivity contribution in [2.24, 2.45) is 0 Å². The van der Waals surface area contributed by atoms with E-state index >= 15 is 0 Å². The van der Waals surface area contributed by atoms with Crippen LogP contribution in [0, 0.1) is 0 Å². The van der Waals surface area contributed by atoms with E-state index in [1.165, 1.54) is 24.3 Å². The van der Waals surface area contributed by atoms with Crippen molar-refractivity contribution in [1.82, 2.24) is 15.6 Å². The lowest BCUT2D eigenvalue weighted by Gasteiger charge is -2.20. The van der Waals surface area contributed by atoms with Crippen molar-refractivity contribution in [2.75, 3.05) is 13.2 Å². The highest BCUT2D eigenvalue weighted by molar-refractivity contribution is 7.15. The van der Waals surface area contributed by atoms with E-state index in [2.05, 4.69) is 15.6 Å². The number of hydrogen-bond acceptors (Lipinski definition) is 8. The zero-order chi connectivity index (χ0) is 28.6. The van der Waals surface area contributed by atoms with Crippen LogP contribution in [0.25, 0.3) is 0 Å². The van der Waals surface area contributed by atoms with Crippen molar-refractivity contribution >= 4 is 35.1 Å².